The Morgan fingerprint density at radius 1 is 0.955 bits per heavy atom. The van der Waals surface area contributed by atoms with E-state index in [4.69, 9.17) is 11.6 Å². The van der Waals surface area contributed by atoms with E-state index in [1.54, 1.807) is 4.90 Å². The molecule has 0 radical (unpaired) electrons. The number of benzene rings is 2. The first-order valence-corrected chi connectivity index (χ1v) is 7.81. The molecule has 1 aliphatic rings. The predicted octanol–water partition coefficient (Wildman–Crippen LogP) is 3.20. The van der Waals surface area contributed by atoms with Gasteiger partial charge < -0.3 is 4.90 Å². The molecule has 1 unspecified atom stereocenters. The van der Waals surface area contributed by atoms with Gasteiger partial charge in [0.2, 0.25) is 5.91 Å². The van der Waals surface area contributed by atoms with Gasteiger partial charge in [-0.15, -0.1) is 0 Å². The highest BCUT2D eigenvalue weighted by atomic mass is 35.5. The van der Waals surface area contributed by atoms with Crippen LogP contribution in [0.3, 0.4) is 0 Å². The quantitative estimate of drug-likeness (QED) is 0.868. The smallest absolute Gasteiger partial charge is 0.236 e. The Morgan fingerprint density at radius 2 is 1.59 bits per heavy atom. The molecule has 1 aliphatic heterocycles. The van der Waals surface area contributed by atoms with E-state index in [1.165, 1.54) is 5.56 Å². The minimum absolute atomic E-state index is 0.0797. The van der Waals surface area contributed by atoms with Crippen molar-refractivity contribution >= 4 is 17.5 Å². The summed E-state index contributed by atoms with van der Waals surface area (Å²) in [6, 6.07) is 18.3. The van der Waals surface area contributed by atoms with Gasteiger partial charge in [-0.2, -0.15) is 0 Å². The van der Waals surface area contributed by atoms with Gasteiger partial charge in [0, 0.05) is 25.2 Å². The molecule has 0 spiro atoms. The molecule has 4 heteroatoms. The summed E-state index contributed by atoms with van der Waals surface area (Å²) in [7, 11) is 1.86. The van der Waals surface area contributed by atoms with Gasteiger partial charge >= 0.3 is 0 Å². The van der Waals surface area contributed by atoms with Crippen molar-refractivity contribution < 1.29 is 4.79 Å². The van der Waals surface area contributed by atoms with E-state index in [2.05, 4.69) is 17.0 Å². The molecule has 0 N–H and O–H groups in total. The van der Waals surface area contributed by atoms with E-state index in [0.29, 0.717) is 6.54 Å². The van der Waals surface area contributed by atoms with E-state index < -0.39 is 0 Å². The summed E-state index contributed by atoms with van der Waals surface area (Å²) in [6.45, 7) is 2.07. The second-order valence-electron chi connectivity index (χ2n) is 5.65. The molecule has 3 rings (SSSR count). The molecule has 2 aromatic rings. The van der Waals surface area contributed by atoms with Gasteiger partial charge in [0.15, 0.2) is 0 Å². The zero-order valence-corrected chi connectivity index (χ0v) is 13.3. The Kier molecular flexibility index (Phi) is 4.46. The Bertz CT molecular complexity index is 642. The third-order valence-corrected chi connectivity index (χ3v) is 4.40. The number of nitrogens with zero attached hydrogens (tertiary/aromatic N) is 2. The van der Waals surface area contributed by atoms with Crippen molar-refractivity contribution in [3.63, 3.8) is 0 Å². The lowest BCUT2D eigenvalue weighted by molar-refractivity contribution is -0.135. The molecule has 0 bridgehead atoms. The highest BCUT2D eigenvalue weighted by Crippen LogP contribution is 2.30. The first kappa shape index (κ1) is 15.1. The van der Waals surface area contributed by atoms with Gasteiger partial charge in [0.05, 0.1) is 12.6 Å². The second-order valence-corrected chi connectivity index (χ2v) is 6.09. The molecule has 0 saturated carbocycles. The fraction of sp³-hybridized carbons (Fsp3) is 0.278. The number of piperazine rings is 1. The zero-order chi connectivity index (χ0) is 15.5. The fourth-order valence-electron chi connectivity index (χ4n) is 2.89. The van der Waals surface area contributed by atoms with Gasteiger partial charge in [-0.3, -0.25) is 9.69 Å². The molecule has 2 aromatic carbocycles. The van der Waals surface area contributed by atoms with Gasteiger partial charge in [0.1, 0.15) is 0 Å². The maximum atomic E-state index is 12.1. The van der Waals surface area contributed by atoms with Crippen LogP contribution < -0.4 is 0 Å². The van der Waals surface area contributed by atoms with Crippen molar-refractivity contribution in [3.05, 3.63) is 70.7 Å². The molecule has 22 heavy (non-hydrogen) atoms. The molecule has 1 heterocycles. The van der Waals surface area contributed by atoms with Crippen LogP contribution in [0.5, 0.6) is 0 Å². The van der Waals surface area contributed by atoms with Crippen LogP contribution in [0.4, 0.5) is 0 Å². The van der Waals surface area contributed by atoms with E-state index in [-0.39, 0.29) is 11.9 Å². The summed E-state index contributed by atoms with van der Waals surface area (Å²) in [6.07, 6.45) is 0. The Hall–Kier alpha value is -1.84. The molecule has 1 amide bonds. The lowest BCUT2D eigenvalue weighted by Gasteiger charge is -2.38. The summed E-state index contributed by atoms with van der Waals surface area (Å²) in [4.78, 5) is 16.1. The third kappa shape index (κ3) is 3.16. The van der Waals surface area contributed by atoms with Crippen LogP contribution in [-0.2, 0) is 4.79 Å². The fourth-order valence-corrected chi connectivity index (χ4v) is 3.02. The van der Waals surface area contributed by atoms with E-state index >= 15 is 0 Å². The second kappa shape index (κ2) is 6.51. The molecule has 1 atom stereocenters. The first-order chi connectivity index (χ1) is 10.6. The monoisotopic (exact) mass is 314 g/mol. The van der Waals surface area contributed by atoms with Crippen LogP contribution in [0, 0.1) is 0 Å². The topological polar surface area (TPSA) is 23.6 Å². The van der Waals surface area contributed by atoms with Crippen LogP contribution in [0.25, 0.3) is 0 Å². The number of likely N-dealkylation sites (N-methyl/N-ethyl adjacent to an activating group) is 1. The summed E-state index contributed by atoms with van der Waals surface area (Å²) >= 11 is 6.02. The number of hydrogen-bond acceptors (Lipinski definition) is 2. The van der Waals surface area contributed by atoms with Crippen molar-refractivity contribution in [2.75, 3.05) is 26.7 Å². The highest BCUT2D eigenvalue weighted by molar-refractivity contribution is 6.30. The Labute approximate surface area is 136 Å². The van der Waals surface area contributed by atoms with Crippen molar-refractivity contribution in [1.29, 1.82) is 0 Å². The largest absolute Gasteiger partial charge is 0.343 e. The molecule has 1 fully saturated rings. The molecule has 114 valence electrons. The van der Waals surface area contributed by atoms with Crippen LogP contribution in [0.2, 0.25) is 5.02 Å². The first-order valence-electron chi connectivity index (χ1n) is 7.43. The Balaban J connectivity index is 1.96. The van der Waals surface area contributed by atoms with Crippen molar-refractivity contribution in [1.82, 2.24) is 9.80 Å². The normalized spacial score (nSPS) is 17.5. The maximum absolute atomic E-state index is 12.1. The molecule has 0 aromatic heterocycles. The number of hydrogen-bond donors (Lipinski definition) is 0. The molecular formula is C18H19ClN2O. The average Bonchev–Trinajstić information content (AvgIpc) is 2.54. The van der Waals surface area contributed by atoms with Crippen LogP contribution in [-0.4, -0.2) is 42.4 Å². The molecular weight excluding hydrogens is 296 g/mol. The maximum Gasteiger partial charge on any atom is 0.236 e. The molecule has 3 nitrogen and oxygen atoms in total. The lowest BCUT2D eigenvalue weighted by Crippen LogP contribution is -2.49. The number of carbonyl (C=O) groups is 1. The third-order valence-electron chi connectivity index (χ3n) is 4.15. The van der Waals surface area contributed by atoms with Gasteiger partial charge in [0.25, 0.3) is 0 Å². The number of amides is 1. The minimum atomic E-state index is 0.0797. The van der Waals surface area contributed by atoms with Crippen molar-refractivity contribution in [2.45, 2.75) is 6.04 Å². The van der Waals surface area contributed by atoms with E-state index in [9.17, 15) is 4.79 Å². The molecule has 1 saturated heterocycles. The van der Waals surface area contributed by atoms with Gasteiger partial charge in [-0.05, 0) is 23.3 Å². The van der Waals surface area contributed by atoms with Crippen molar-refractivity contribution in [3.8, 4) is 0 Å². The van der Waals surface area contributed by atoms with Crippen LogP contribution >= 0.6 is 11.6 Å². The lowest BCUT2D eigenvalue weighted by atomic mass is 9.96. The van der Waals surface area contributed by atoms with Crippen LogP contribution in [0.15, 0.2) is 54.6 Å². The van der Waals surface area contributed by atoms with E-state index in [0.717, 1.165) is 23.7 Å². The summed E-state index contributed by atoms with van der Waals surface area (Å²) in [5.74, 6) is 0.168. The number of rotatable bonds is 3. The summed E-state index contributed by atoms with van der Waals surface area (Å²) in [5, 5.41) is 0.727. The number of carbonyl (C=O) groups excluding carboxylic acids is 1. The average molecular weight is 315 g/mol. The van der Waals surface area contributed by atoms with Crippen LogP contribution in [0.1, 0.15) is 17.2 Å². The van der Waals surface area contributed by atoms with E-state index in [1.807, 2.05) is 49.5 Å². The summed E-state index contributed by atoms with van der Waals surface area (Å²) in [5.41, 5.74) is 2.36. The number of halogens is 1. The SMILES string of the molecule is CN1CCN(C(c2ccccc2)c2ccc(Cl)cc2)CC1=O. The highest BCUT2D eigenvalue weighted by Gasteiger charge is 2.29. The van der Waals surface area contributed by atoms with Gasteiger partial charge in [-0.25, -0.2) is 0 Å². The van der Waals surface area contributed by atoms with Gasteiger partial charge in [-0.1, -0.05) is 54.1 Å². The molecule has 0 aliphatic carbocycles. The zero-order valence-electron chi connectivity index (χ0n) is 12.6. The summed E-state index contributed by atoms with van der Waals surface area (Å²) < 4.78 is 0. The Morgan fingerprint density at radius 3 is 2.23 bits per heavy atom. The predicted molar refractivity (Wildman–Crippen MR) is 88.9 cm³/mol. The van der Waals surface area contributed by atoms with Crippen molar-refractivity contribution in [2.24, 2.45) is 0 Å². The minimum Gasteiger partial charge on any atom is -0.343 e. The standard InChI is InChI=1S/C18H19ClN2O/c1-20-11-12-21(13-17(20)22)18(14-5-3-2-4-6-14)15-7-9-16(19)10-8-15/h2-10,18H,11-13H2,1H3.